The van der Waals surface area contributed by atoms with E-state index in [0.717, 1.165) is 18.9 Å². The average molecular weight is 664 g/mol. The van der Waals surface area contributed by atoms with Gasteiger partial charge in [-0.25, -0.2) is 9.18 Å². The van der Waals surface area contributed by atoms with E-state index in [1.54, 1.807) is 44.7 Å². The number of thioether (sulfide) groups is 1. The van der Waals surface area contributed by atoms with Crippen LogP contribution in [0, 0.1) is 5.82 Å². The highest BCUT2D eigenvalue weighted by Gasteiger charge is 2.64. The van der Waals surface area contributed by atoms with Gasteiger partial charge in [-0.15, -0.1) is 11.8 Å². The van der Waals surface area contributed by atoms with Gasteiger partial charge in [0.25, 0.3) is 5.91 Å². The fraction of sp³-hybridized carbons (Fsp3) is 0.424. The second-order valence-corrected chi connectivity index (χ2v) is 14.6. The Morgan fingerprint density at radius 1 is 1.06 bits per heavy atom. The lowest BCUT2D eigenvalue weighted by Gasteiger charge is -2.46. The van der Waals surface area contributed by atoms with Crippen molar-refractivity contribution in [3.05, 3.63) is 70.3 Å². The Morgan fingerprint density at radius 3 is 2.43 bits per heavy atom. The number of amides is 3. The van der Waals surface area contributed by atoms with Crippen LogP contribution in [0.5, 0.6) is 5.75 Å². The molecule has 2 aromatic carbocycles. The summed E-state index contributed by atoms with van der Waals surface area (Å²) in [7, 11) is 0. The number of carbonyl (C=O) groups excluding carboxylic acids is 3. The van der Waals surface area contributed by atoms with Crippen LogP contribution in [-0.4, -0.2) is 98.2 Å². The summed E-state index contributed by atoms with van der Waals surface area (Å²) < 4.78 is 22.1. The van der Waals surface area contributed by atoms with Gasteiger partial charge in [0, 0.05) is 48.6 Å². The molecule has 3 saturated heterocycles. The second kappa shape index (κ2) is 11.6. The van der Waals surface area contributed by atoms with Gasteiger partial charge < -0.3 is 34.4 Å². The molecule has 0 spiro atoms. The van der Waals surface area contributed by atoms with Crippen LogP contribution in [0.2, 0.25) is 0 Å². The van der Waals surface area contributed by atoms with Crippen LogP contribution >= 0.6 is 11.8 Å². The summed E-state index contributed by atoms with van der Waals surface area (Å²) in [6.45, 7) is 4.84. The summed E-state index contributed by atoms with van der Waals surface area (Å²) >= 11 is 1.48. The lowest BCUT2D eigenvalue weighted by Crippen LogP contribution is -2.72. The van der Waals surface area contributed by atoms with Crippen molar-refractivity contribution in [2.75, 3.05) is 37.7 Å². The molecule has 0 bridgehead atoms. The van der Waals surface area contributed by atoms with Gasteiger partial charge in [-0.1, -0.05) is 18.2 Å². The van der Waals surface area contributed by atoms with Gasteiger partial charge in [0.15, 0.2) is 6.61 Å². The zero-order valence-electron chi connectivity index (χ0n) is 25.8. The van der Waals surface area contributed by atoms with Crippen molar-refractivity contribution in [1.82, 2.24) is 19.7 Å². The van der Waals surface area contributed by atoms with Crippen molar-refractivity contribution in [2.24, 2.45) is 0 Å². The standard InChI is InChI=1S/C33H34FN5O7S/c1-33(2)28(39-29(42)26(31(39)47-33)35-25(40)17-46-19-6-4-3-5-7-19)30(43)37-12-10-36(11-13-37)24-15-23-20(14-22(24)34)27(41)21(32(44)45)16-38(23)18-8-9-18/h3-7,14-16,18,26,28,31H,8-13,17H2,1-2H3,(H,35,40)(H,44,45)/t26-,28?,31-/m1/s1. The number of hydrogen-bond donors (Lipinski definition) is 2. The maximum atomic E-state index is 15.5. The maximum Gasteiger partial charge on any atom is 0.341 e. The van der Waals surface area contributed by atoms with Crippen molar-refractivity contribution in [1.29, 1.82) is 0 Å². The molecular weight excluding hydrogens is 629 g/mol. The first-order chi connectivity index (χ1) is 22.4. The minimum atomic E-state index is -1.35. The molecule has 3 aromatic rings. The van der Waals surface area contributed by atoms with Gasteiger partial charge in [0.2, 0.25) is 17.2 Å². The van der Waals surface area contributed by atoms with Crippen molar-refractivity contribution in [2.45, 2.75) is 54.9 Å². The maximum absolute atomic E-state index is 15.5. The molecule has 1 saturated carbocycles. The second-order valence-electron chi connectivity index (χ2n) is 12.9. The van der Waals surface area contributed by atoms with Crippen molar-refractivity contribution >= 4 is 52.0 Å². The number of fused-ring (bicyclic) bond motifs is 2. The summed E-state index contributed by atoms with van der Waals surface area (Å²) in [5.74, 6) is -2.37. The average Bonchev–Trinajstić information content (AvgIpc) is 3.86. The van der Waals surface area contributed by atoms with Gasteiger partial charge >= 0.3 is 5.97 Å². The number of carboxylic acids is 1. The monoisotopic (exact) mass is 663 g/mol. The van der Waals surface area contributed by atoms with Gasteiger partial charge in [-0.2, -0.15) is 0 Å². The number of para-hydroxylation sites is 1. The third-order valence-corrected chi connectivity index (χ3v) is 10.9. The Balaban J connectivity index is 1.02. The van der Waals surface area contributed by atoms with Crippen LogP contribution in [-0.2, 0) is 14.4 Å². The van der Waals surface area contributed by atoms with Crippen molar-refractivity contribution < 1.29 is 33.4 Å². The number of ether oxygens (including phenoxy) is 1. The van der Waals surface area contributed by atoms with E-state index in [0.29, 0.717) is 37.4 Å². The minimum Gasteiger partial charge on any atom is -0.484 e. The van der Waals surface area contributed by atoms with E-state index in [1.165, 1.54) is 18.0 Å². The lowest BCUT2D eigenvalue weighted by atomic mass is 9.94. The summed E-state index contributed by atoms with van der Waals surface area (Å²) in [5, 5.41) is 11.9. The fourth-order valence-electron chi connectivity index (χ4n) is 6.77. The lowest BCUT2D eigenvalue weighted by molar-refractivity contribution is -0.158. The molecule has 1 aromatic heterocycles. The van der Waals surface area contributed by atoms with Crippen molar-refractivity contribution in [3.63, 3.8) is 0 Å². The number of rotatable bonds is 8. The van der Waals surface area contributed by atoms with Crippen LogP contribution in [0.15, 0.2) is 53.5 Å². The highest BCUT2D eigenvalue weighted by Crippen LogP contribution is 2.51. The molecule has 0 radical (unpaired) electrons. The third-order valence-electron chi connectivity index (χ3n) is 9.31. The summed E-state index contributed by atoms with van der Waals surface area (Å²) in [6, 6.07) is 10.2. The number of nitrogens with zero attached hydrogens (tertiary/aromatic N) is 4. The zero-order chi connectivity index (χ0) is 33.2. The highest BCUT2D eigenvalue weighted by molar-refractivity contribution is 8.01. The number of nitrogens with one attached hydrogen (secondary N) is 1. The number of aromatic carboxylic acids is 1. The summed E-state index contributed by atoms with van der Waals surface area (Å²) in [5.41, 5.74) is -0.336. The first-order valence-electron chi connectivity index (χ1n) is 15.6. The van der Waals surface area contributed by atoms with E-state index in [2.05, 4.69) is 5.32 Å². The van der Waals surface area contributed by atoms with E-state index >= 15 is 4.39 Å². The number of β-lactam (4-membered cyclic amide) rings is 1. The number of piperazine rings is 1. The molecule has 47 heavy (non-hydrogen) atoms. The fourth-order valence-corrected chi connectivity index (χ4v) is 8.40. The molecule has 4 heterocycles. The molecule has 4 fully saturated rings. The van der Waals surface area contributed by atoms with E-state index in [-0.39, 0.29) is 46.5 Å². The Labute approximate surface area is 273 Å². The number of anilines is 1. The van der Waals surface area contributed by atoms with Crippen LogP contribution in [0.25, 0.3) is 10.9 Å². The van der Waals surface area contributed by atoms with E-state index in [1.807, 2.05) is 24.8 Å². The number of halogens is 1. The molecule has 3 amide bonds. The first kappa shape index (κ1) is 31.0. The number of carboxylic acid groups (broad SMARTS) is 1. The minimum absolute atomic E-state index is 0.0276. The van der Waals surface area contributed by atoms with Crippen LogP contribution in [0.4, 0.5) is 10.1 Å². The van der Waals surface area contributed by atoms with Crippen LogP contribution in [0.3, 0.4) is 0 Å². The molecule has 4 aliphatic rings. The van der Waals surface area contributed by atoms with E-state index in [4.69, 9.17) is 4.74 Å². The predicted molar refractivity (Wildman–Crippen MR) is 172 cm³/mol. The number of aromatic nitrogens is 1. The Morgan fingerprint density at radius 2 is 1.77 bits per heavy atom. The predicted octanol–water partition coefficient (Wildman–Crippen LogP) is 2.45. The quantitative estimate of drug-likeness (QED) is 0.348. The Kier molecular flexibility index (Phi) is 7.65. The summed E-state index contributed by atoms with van der Waals surface area (Å²) in [6.07, 6.45) is 3.04. The molecule has 14 heteroatoms. The summed E-state index contributed by atoms with van der Waals surface area (Å²) in [4.78, 5) is 69.4. The number of pyridine rings is 1. The molecule has 3 atom stereocenters. The highest BCUT2D eigenvalue weighted by atomic mass is 32.2. The Hall–Kier alpha value is -4.59. The number of benzene rings is 2. The van der Waals surface area contributed by atoms with Crippen molar-refractivity contribution in [3.8, 4) is 5.75 Å². The normalized spacial score (nSPS) is 23.3. The van der Waals surface area contributed by atoms with Gasteiger partial charge in [0.05, 0.1) is 11.2 Å². The first-order valence-corrected chi connectivity index (χ1v) is 16.4. The SMILES string of the molecule is CC1(C)S[C@@H]2[C@H](NC(=O)COc3ccccc3)C(=O)N2C1C(=O)N1CCN(c2cc3c(cc2F)c(=O)c(C(=O)O)cn3C2CC2)CC1. The van der Waals surface area contributed by atoms with Gasteiger partial charge in [-0.05, 0) is 51.0 Å². The third kappa shape index (κ3) is 5.47. The van der Waals surface area contributed by atoms with Crippen LogP contribution < -0.4 is 20.4 Å². The molecule has 1 aliphatic carbocycles. The van der Waals surface area contributed by atoms with E-state index < -0.39 is 40.0 Å². The molecular formula is C33H34FN5O7S. The van der Waals surface area contributed by atoms with Gasteiger partial charge in [-0.3, -0.25) is 19.2 Å². The Bertz CT molecular complexity index is 1860. The van der Waals surface area contributed by atoms with E-state index in [9.17, 15) is 29.1 Å². The molecule has 7 rings (SSSR count). The number of carbonyl (C=O) groups is 4. The molecule has 1 unspecified atom stereocenters. The van der Waals surface area contributed by atoms with Gasteiger partial charge in [0.1, 0.15) is 34.6 Å². The largest absolute Gasteiger partial charge is 0.484 e. The molecule has 3 aliphatic heterocycles. The topological polar surface area (TPSA) is 141 Å². The molecule has 12 nitrogen and oxygen atoms in total. The zero-order valence-corrected chi connectivity index (χ0v) is 26.7. The smallest absolute Gasteiger partial charge is 0.341 e. The van der Waals surface area contributed by atoms with Crippen LogP contribution in [0.1, 0.15) is 43.1 Å². The number of hydrogen-bond acceptors (Lipinski definition) is 8. The molecule has 246 valence electrons. The molecule has 2 N–H and O–H groups in total.